The van der Waals surface area contributed by atoms with Crippen molar-refractivity contribution in [3.63, 3.8) is 0 Å². The van der Waals surface area contributed by atoms with Gasteiger partial charge in [-0.3, -0.25) is 0 Å². The van der Waals surface area contributed by atoms with Crippen molar-refractivity contribution >= 4 is 5.95 Å². The molecule has 1 atom stereocenters. The van der Waals surface area contributed by atoms with Crippen LogP contribution in [0.15, 0.2) is 145 Å². The molecule has 230 valence electrons. The zero-order valence-corrected chi connectivity index (χ0v) is 25.9. The third-order valence-electron chi connectivity index (χ3n) is 9.54. The molecule has 1 unspecified atom stereocenters. The fourth-order valence-corrected chi connectivity index (χ4v) is 6.84. The van der Waals surface area contributed by atoms with Crippen LogP contribution in [0.5, 0.6) is 0 Å². The Kier molecular flexibility index (Phi) is 6.98. The van der Waals surface area contributed by atoms with Crippen LogP contribution in [0.4, 0.5) is 5.95 Å². The van der Waals surface area contributed by atoms with E-state index in [2.05, 4.69) is 124 Å². The second kappa shape index (κ2) is 11.5. The quantitative estimate of drug-likeness (QED) is 0.167. The van der Waals surface area contributed by atoms with E-state index in [1.165, 1.54) is 0 Å². The maximum atomic E-state index is 5.98. The fourth-order valence-electron chi connectivity index (χ4n) is 6.84. The lowest BCUT2D eigenvalue weighted by atomic mass is 9.76. The summed E-state index contributed by atoms with van der Waals surface area (Å²) >= 11 is 0. The molecule has 8 nitrogen and oxygen atoms in total. The minimum Gasteiger partial charge on any atom is -0.368 e. The number of hydrogen-bond acceptors (Lipinski definition) is 7. The summed E-state index contributed by atoms with van der Waals surface area (Å²) in [5, 5.41) is 4.57. The van der Waals surface area contributed by atoms with Gasteiger partial charge in [-0.15, -0.1) is 0 Å². The predicted octanol–water partition coefficient (Wildman–Crippen LogP) is 7.53. The molecule has 0 aliphatic heterocycles. The number of hydrogen-bond donors (Lipinski definition) is 1. The zero-order valence-electron chi connectivity index (χ0n) is 25.9. The molecule has 1 fully saturated rings. The van der Waals surface area contributed by atoms with Gasteiger partial charge < -0.3 is 14.8 Å². The summed E-state index contributed by atoms with van der Waals surface area (Å²) in [6, 6.07) is 40.0. The Balaban J connectivity index is 1.19. The van der Waals surface area contributed by atoms with Crippen LogP contribution in [-0.4, -0.2) is 29.7 Å². The summed E-state index contributed by atoms with van der Waals surface area (Å²) in [6.07, 6.45) is 9.58. The highest BCUT2D eigenvalue weighted by Crippen LogP contribution is 2.51. The molecule has 3 heterocycles. The molecule has 0 saturated heterocycles. The van der Waals surface area contributed by atoms with Crippen LogP contribution in [0, 0.1) is 5.92 Å². The second-order valence-electron chi connectivity index (χ2n) is 12.3. The van der Waals surface area contributed by atoms with Gasteiger partial charge in [-0.25, -0.2) is 15.0 Å². The van der Waals surface area contributed by atoms with E-state index in [0.717, 1.165) is 46.2 Å². The first-order chi connectivity index (χ1) is 23.1. The van der Waals surface area contributed by atoms with Crippen molar-refractivity contribution in [1.82, 2.24) is 29.7 Å². The van der Waals surface area contributed by atoms with Crippen molar-refractivity contribution < 1.29 is 4.52 Å². The molecule has 7 aromatic rings. The molecule has 2 N–H and O–H groups in total. The maximum absolute atomic E-state index is 5.98. The van der Waals surface area contributed by atoms with E-state index in [-0.39, 0.29) is 5.95 Å². The topological polar surface area (TPSA) is 109 Å². The van der Waals surface area contributed by atoms with Gasteiger partial charge in [0.05, 0.1) is 11.7 Å². The summed E-state index contributed by atoms with van der Waals surface area (Å²) in [5.74, 6) is 1.73. The molecule has 47 heavy (non-hydrogen) atoms. The molecule has 8 heteroatoms. The number of anilines is 1. The lowest BCUT2D eigenvalue weighted by Gasteiger charge is -2.37. The maximum Gasteiger partial charge on any atom is 0.278 e. The average Bonchev–Trinajstić information content (AvgIpc) is 3.67. The van der Waals surface area contributed by atoms with Crippen molar-refractivity contribution in [2.45, 2.75) is 30.7 Å². The van der Waals surface area contributed by atoms with E-state index in [1.54, 1.807) is 12.4 Å². The summed E-state index contributed by atoms with van der Waals surface area (Å²) in [4.78, 5) is 18.1. The first kappa shape index (κ1) is 28.6. The van der Waals surface area contributed by atoms with E-state index < -0.39 is 11.0 Å². The fraction of sp³-hybridized carbons (Fsp3) is 0.154. The van der Waals surface area contributed by atoms with Gasteiger partial charge in [0.15, 0.2) is 5.82 Å². The van der Waals surface area contributed by atoms with Gasteiger partial charge in [0.2, 0.25) is 5.95 Å². The summed E-state index contributed by atoms with van der Waals surface area (Å²) in [7, 11) is 0. The lowest BCUT2D eigenvalue weighted by molar-refractivity contribution is 0.386. The lowest BCUT2D eigenvalue weighted by Crippen LogP contribution is -2.36. The van der Waals surface area contributed by atoms with Crippen molar-refractivity contribution in [1.29, 1.82) is 0 Å². The molecular formula is C39H33N7O. The number of nitrogen functional groups attached to an aromatic ring is 1. The molecule has 8 rings (SSSR count). The Bertz CT molecular complexity index is 2010. The Hall–Kier alpha value is -5.89. The van der Waals surface area contributed by atoms with Crippen LogP contribution in [0.1, 0.15) is 47.8 Å². The second-order valence-corrected chi connectivity index (χ2v) is 12.3. The minimum atomic E-state index is -0.683. The number of nitrogens with two attached hydrogens (primary N) is 1. The van der Waals surface area contributed by atoms with Gasteiger partial charge in [-0.05, 0) is 53.5 Å². The standard InChI is InChI=1S/C39H33N7O/c1-38(30-21-22-30,29-19-17-27(18-20-29)28-23-41-37(40)42-24-28)36-44-35(47-45-36)34-25-46(26-43-34)39(31-11-5-2-6-12-31,32-13-7-3-8-14-32)33-15-9-4-10-16-33/h2-20,23-26,30H,21-22H2,1H3,(H2,40,41,42). The van der Waals surface area contributed by atoms with Crippen molar-refractivity contribution in [2.75, 3.05) is 5.73 Å². The van der Waals surface area contributed by atoms with E-state index in [1.807, 2.05) is 30.7 Å². The van der Waals surface area contributed by atoms with Crippen LogP contribution in [0.25, 0.3) is 22.7 Å². The van der Waals surface area contributed by atoms with Gasteiger partial charge in [0.1, 0.15) is 11.2 Å². The van der Waals surface area contributed by atoms with Crippen LogP contribution in [-0.2, 0) is 11.0 Å². The number of nitrogens with zero attached hydrogens (tertiary/aromatic N) is 6. The SMILES string of the molecule is CC(c1ccc(-c2cnc(N)nc2)cc1)(c1noc(-c2cn(C(c3ccccc3)(c3ccccc3)c3ccccc3)cn2)n1)C1CC1. The van der Waals surface area contributed by atoms with Gasteiger partial charge in [-0.2, -0.15) is 4.98 Å². The summed E-state index contributed by atoms with van der Waals surface area (Å²) < 4.78 is 8.14. The number of imidazole rings is 1. The first-order valence-electron chi connectivity index (χ1n) is 15.8. The molecule has 1 aliphatic rings. The molecule has 1 aliphatic carbocycles. The minimum absolute atomic E-state index is 0.260. The van der Waals surface area contributed by atoms with Crippen molar-refractivity contribution in [3.8, 4) is 22.7 Å². The Morgan fingerprint density at radius 3 is 1.77 bits per heavy atom. The van der Waals surface area contributed by atoms with E-state index in [9.17, 15) is 0 Å². The molecule has 1 saturated carbocycles. The molecule has 3 aromatic heterocycles. The van der Waals surface area contributed by atoms with Gasteiger partial charge in [0, 0.05) is 24.2 Å². The largest absolute Gasteiger partial charge is 0.368 e. The molecular weight excluding hydrogens is 582 g/mol. The predicted molar refractivity (Wildman–Crippen MR) is 181 cm³/mol. The Morgan fingerprint density at radius 2 is 1.23 bits per heavy atom. The van der Waals surface area contributed by atoms with Crippen LogP contribution < -0.4 is 5.73 Å². The third-order valence-corrected chi connectivity index (χ3v) is 9.54. The molecule has 4 aromatic carbocycles. The van der Waals surface area contributed by atoms with E-state index in [4.69, 9.17) is 20.2 Å². The van der Waals surface area contributed by atoms with Gasteiger partial charge in [-0.1, -0.05) is 120 Å². The van der Waals surface area contributed by atoms with Gasteiger partial charge in [0.25, 0.3) is 5.89 Å². The van der Waals surface area contributed by atoms with Crippen LogP contribution >= 0.6 is 0 Å². The normalized spacial score (nSPS) is 14.5. The molecule has 0 bridgehead atoms. The number of rotatable bonds is 9. The van der Waals surface area contributed by atoms with Crippen LogP contribution in [0.2, 0.25) is 0 Å². The number of aromatic nitrogens is 6. The monoisotopic (exact) mass is 615 g/mol. The zero-order chi connectivity index (χ0) is 31.8. The smallest absolute Gasteiger partial charge is 0.278 e. The van der Waals surface area contributed by atoms with Crippen molar-refractivity contribution in [2.24, 2.45) is 5.92 Å². The molecule has 0 radical (unpaired) electrons. The number of benzene rings is 4. The highest BCUT2D eigenvalue weighted by molar-refractivity contribution is 5.63. The highest BCUT2D eigenvalue weighted by atomic mass is 16.5. The highest BCUT2D eigenvalue weighted by Gasteiger charge is 2.47. The van der Waals surface area contributed by atoms with Crippen molar-refractivity contribution in [3.05, 3.63) is 168 Å². The van der Waals surface area contributed by atoms with E-state index in [0.29, 0.717) is 23.3 Å². The van der Waals surface area contributed by atoms with Gasteiger partial charge >= 0.3 is 0 Å². The summed E-state index contributed by atoms with van der Waals surface area (Å²) in [6.45, 7) is 2.21. The molecule has 0 amide bonds. The first-order valence-corrected chi connectivity index (χ1v) is 15.8. The average molecular weight is 616 g/mol. The molecule has 0 spiro atoms. The summed E-state index contributed by atoms with van der Waals surface area (Å²) in [5.41, 5.74) is 11.6. The van der Waals surface area contributed by atoms with Crippen LogP contribution in [0.3, 0.4) is 0 Å². The Morgan fingerprint density at radius 1 is 0.681 bits per heavy atom. The van der Waals surface area contributed by atoms with E-state index >= 15 is 0 Å². The Labute approximate surface area is 273 Å². The third kappa shape index (κ3) is 4.89.